The Balaban J connectivity index is 2.72. The number of nitrogens with one attached hydrogen (secondary N) is 1. The number of rotatable bonds is 10. The lowest BCUT2D eigenvalue weighted by atomic mass is 10.2. The normalized spacial score (nSPS) is 12.2. The van der Waals surface area contributed by atoms with Gasteiger partial charge in [-0.1, -0.05) is 19.4 Å². The van der Waals surface area contributed by atoms with Crippen LogP contribution in [0.5, 0.6) is 11.5 Å². The zero-order chi connectivity index (χ0) is 17.1. The van der Waals surface area contributed by atoms with E-state index in [9.17, 15) is 4.79 Å². The van der Waals surface area contributed by atoms with E-state index in [0.717, 1.165) is 24.2 Å². The Hall–Kier alpha value is -2.01. The van der Waals surface area contributed by atoms with E-state index in [4.69, 9.17) is 14.6 Å². The van der Waals surface area contributed by atoms with E-state index in [-0.39, 0.29) is 12.5 Å². The monoisotopic (exact) mass is 321 g/mol. The first-order valence-electron chi connectivity index (χ1n) is 8.10. The molecule has 1 amide bonds. The summed E-state index contributed by atoms with van der Waals surface area (Å²) in [6.45, 7) is 7.10. The molecule has 2 N–H and O–H groups in total. The minimum absolute atomic E-state index is 0.234. The molecule has 5 nitrogen and oxygen atoms in total. The highest BCUT2D eigenvalue weighted by molar-refractivity contribution is 5.91. The Morgan fingerprint density at radius 2 is 2.09 bits per heavy atom. The largest absolute Gasteiger partial charge is 0.490 e. The van der Waals surface area contributed by atoms with Crippen LogP contribution in [0.15, 0.2) is 24.3 Å². The summed E-state index contributed by atoms with van der Waals surface area (Å²) in [6, 6.07) is 5.58. The molecule has 1 aromatic rings. The van der Waals surface area contributed by atoms with Crippen LogP contribution in [0.1, 0.15) is 39.2 Å². The summed E-state index contributed by atoms with van der Waals surface area (Å²) in [7, 11) is 0. The van der Waals surface area contributed by atoms with Crippen LogP contribution in [0.25, 0.3) is 6.08 Å². The van der Waals surface area contributed by atoms with E-state index in [1.807, 2.05) is 25.1 Å². The van der Waals surface area contributed by atoms with E-state index in [1.54, 1.807) is 13.0 Å². The van der Waals surface area contributed by atoms with Crippen molar-refractivity contribution in [3.63, 3.8) is 0 Å². The van der Waals surface area contributed by atoms with E-state index in [1.165, 1.54) is 6.08 Å². The molecule has 0 saturated heterocycles. The molecule has 0 radical (unpaired) electrons. The Labute approximate surface area is 138 Å². The number of benzene rings is 1. The van der Waals surface area contributed by atoms with Gasteiger partial charge in [-0.3, -0.25) is 4.79 Å². The molecule has 1 unspecified atom stereocenters. The van der Waals surface area contributed by atoms with Crippen LogP contribution >= 0.6 is 0 Å². The topological polar surface area (TPSA) is 67.8 Å². The quantitative estimate of drug-likeness (QED) is 0.514. The summed E-state index contributed by atoms with van der Waals surface area (Å²) in [5.74, 6) is 1.15. The SMILES string of the molecule is CCCCOc1ccc(/C=C/C(=O)NCC(C)O)cc1OCC. The maximum Gasteiger partial charge on any atom is 0.244 e. The van der Waals surface area contributed by atoms with Crippen LogP contribution in [-0.4, -0.2) is 36.9 Å². The highest BCUT2D eigenvalue weighted by Crippen LogP contribution is 2.29. The van der Waals surface area contributed by atoms with E-state index < -0.39 is 6.10 Å². The molecule has 0 bridgehead atoms. The predicted molar refractivity (Wildman–Crippen MR) is 91.7 cm³/mol. The van der Waals surface area contributed by atoms with Crippen LogP contribution in [-0.2, 0) is 4.79 Å². The van der Waals surface area contributed by atoms with Gasteiger partial charge in [0, 0.05) is 12.6 Å². The Morgan fingerprint density at radius 3 is 2.74 bits per heavy atom. The van der Waals surface area contributed by atoms with Crippen LogP contribution in [0, 0.1) is 0 Å². The van der Waals surface area contributed by atoms with Crippen LogP contribution in [0.3, 0.4) is 0 Å². The summed E-state index contributed by atoms with van der Waals surface area (Å²) < 4.78 is 11.3. The maximum atomic E-state index is 11.6. The lowest BCUT2D eigenvalue weighted by molar-refractivity contribution is -0.116. The zero-order valence-corrected chi connectivity index (χ0v) is 14.2. The minimum atomic E-state index is -0.559. The Bertz CT molecular complexity index is 512. The summed E-state index contributed by atoms with van der Waals surface area (Å²) in [5, 5.41) is 11.7. The van der Waals surface area contributed by atoms with Crippen LogP contribution < -0.4 is 14.8 Å². The molecule has 1 rings (SSSR count). The van der Waals surface area contributed by atoms with Crippen molar-refractivity contribution in [1.29, 1.82) is 0 Å². The van der Waals surface area contributed by atoms with Gasteiger partial charge in [-0.2, -0.15) is 0 Å². The van der Waals surface area contributed by atoms with Gasteiger partial charge in [0.05, 0.1) is 19.3 Å². The van der Waals surface area contributed by atoms with Crippen molar-refractivity contribution in [3.05, 3.63) is 29.8 Å². The predicted octanol–water partition coefficient (Wildman–Crippen LogP) is 2.77. The second-order valence-corrected chi connectivity index (χ2v) is 5.27. The lowest BCUT2D eigenvalue weighted by Crippen LogP contribution is -2.28. The fraction of sp³-hybridized carbons (Fsp3) is 0.500. The molecule has 0 spiro atoms. The van der Waals surface area contributed by atoms with Gasteiger partial charge in [-0.25, -0.2) is 0 Å². The molecular weight excluding hydrogens is 294 g/mol. The number of carbonyl (C=O) groups excluding carboxylic acids is 1. The smallest absolute Gasteiger partial charge is 0.244 e. The molecule has 5 heteroatoms. The van der Waals surface area contributed by atoms with Crippen LogP contribution in [0.4, 0.5) is 0 Å². The third-order valence-electron chi connectivity index (χ3n) is 3.02. The molecule has 128 valence electrons. The van der Waals surface area contributed by atoms with Crippen molar-refractivity contribution in [2.75, 3.05) is 19.8 Å². The van der Waals surface area contributed by atoms with Crippen molar-refractivity contribution in [2.45, 2.75) is 39.7 Å². The number of aliphatic hydroxyl groups is 1. The maximum absolute atomic E-state index is 11.6. The third-order valence-corrected chi connectivity index (χ3v) is 3.02. The molecule has 0 saturated carbocycles. The van der Waals surface area contributed by atoms with Gasteiger partial charge >= 0.3 is 0 Å². The first-order chi connectivity index (χ1) is 11.1. The number of hydrogen-bond acceptors (Lipinski definition) is 4. The summed E-state index contributed by atoms with van der Waals surface area (Å²) in [4.78, 5) is 11.6. The van der Waals surface area contributed by atoms with Gasteiger partial charge < -0.3 is 19.9 Å². The first kappa shape index (κ1) is 19.0. The molecule has 1 atom stereocenters. The van der Waals surface area contributed by atoms with Crippen molar-refractivity contribution in [1.82, 2.24) is 5.32 Å². The molecule has 0 aliphatic rings. The highest BCUT2D eigenvalue weighted by atomic mass is 16.5. The Morgan fingerprint density at radius 1 is 1.30 bits per heavy atom. The van der Waals surface area contributed by atoms with Gasteiger partial charge in [-0.05, 0) is 44.0 Å². The number of hydrogen-bond donors (Lipinski definition) is 2. The first-order valence-corrected chi connectivity index (χ1v) is 8.10. The molecule has 23 heavy (non-hydrogen) atoms. The van der Waals surface area contributed by atoms with E-state index in [2.05, 4.69) is 12.2 Å². The summed E-state index contributed by atoms with van der Waals surface area (Å²) in [5.41, 5.74) is 0.850. The standard InChI is InChI=1S/C18H27NO4/c1-4-6-11-23-16-9-7-15(12-17(16)22-5-2)8-10-18(21)19-13-14(3)20/h7-10,12,14,20H,4-6,11,13H2,1-3H3,(H,19,21)/b10-8+. The number of carbonyl (C=O) groups is 1. The average molecular weight is 321 g/mol. The zero-order valence-electron chi connectivity index (χ0n) is 14.2. The fourth-order valence-electron chi connectivity index (χ4n) is 1.82. The van der Waals surface area contributed by atoms with Crippen LogP contribution in [0.2, 0.25) is 0 Å². The second-order valence-electron chi connectivity index (χ2n) is 5.27. The third kappa shape index (κ3) is 7.70. The molecule has 0 heterocycles. The second kappa shape index (κ2) is 10.7. The van der Waals surface area contributed by atoms with Crippen molar-refractivity contribution < 1.29 is 19.4 Å². The fourth-order valence-corrected chi connectivity index (χ4v) is 1.82. The van der Waals surface area contributed by atoms with Gasteiger partial charge in [0.15, 0.2) is 11.5 Å². The van der Waals surface area contributed by atoms with E-state index >= 15 is 0 Å². The van der Waals surface area contributed by atoms with Gasteiger partial charge in [0.1, 0.15) is 0 Å². The molecule has 0 aromatic heterocycles. The van der Waals surface area contributed by atoms with E-state index in [0.29, 0.717) is 19.0 Å². The summed E-state index contributed by atoms with van der Waals surface area (Å²) >= 11 is 0. The molecule has 0 fully saturated rings. The van der Waals surface area contributed by atoms with Gasteiger partial charge in [0.25, 0.3) is 0 Å². The van der Waals surface area contributed by atoms with Gasteiger partial charge in [0.2, 0.25) is 5.91 Å². The Kier molecular flexibility index (Phi) is 8.83. The van der Waals surface area contributed by atoms with Crippen molar-refractivity contribution in [3.8, 4) is 11.5 Å². The summed E-state index contributed by atoms with van der Waals surface area (Å²) in [6.07, 6.45) is 4.65. The van der Waals surface area contributed by atoms with Gasteiger partial charge in [-0.15, -0.1) is 0 Å². The average Bonchev–Trinajstić information content (AvgIpc) is 2.53. The molecule has 0 aliphatic heterocycles. The van der Waals surface area contributed by atoms with Crippen molar-refractivity contribution >= 4 is 12.0 Å². The minimum Gasteiger partial charge on any atom is -0.490 e. The van der Waals surface area contributed by atoms with Crippen molar-refractivity contribution in [2.24, 2.45) is 0 Å². The molecule has 0 aliphatic carbocycles. The lowest BCUT2D eigenvalue weighted by Gasteiger charge is -2.12. The number of aliphatic hydroxyl groups excluding tert-OH is 1. The highest BCUT2D eigenvalue weighted by Gasteiger charge is 2.06. The number of unbranched alkanes of at least 4 members (excludes halogenated alkanes) is 1. The molecule has 1 aromatic carbocycles. The molecular formula is C18H27NO4. The number of amides is 1. The number of ether oxygens (including phenoxy) is 2.